The van der Waals surface area contributed by atoms with Crippen LogP contribution in [0.3, 0.4) is 0 Å². The third-order valence-electron chi connectivity index (χ3n) is 4.82. The van der Waals surface area contributed by atoms with Crippen molar-refractivity contribution < 1.29 is 8.42 Å². The molecule has 136 valence electrons. The standard InChI is InChI=1S/C18H19BrN4O2S/c1-2-23-17(21-16-4-3-10-20-18(16)23)13-9-11-22(12-13)26(24,25)15-7-5-14(19)6-8-15/h3-8,10,13H,2,9,11-12H2,1H3/t13-/m0/s1. The number of hydrogen-bond acceptors (Lipinski definition) is 4. The second-order valence-corrected chi connectivity index (χ2v) is 9.22. The Morgan fingerprint density at radius 3 is 2.73 bits per heavy atom. The van der Waals surface area contributed by atoms with Crippen molar-refractivity contribution in [3.63, 3.8) is 0 Å². The van der Waals surface area contributed by atoms with Crippen molar-refractivity contribution in [1.29, 1.82) is 0 Å². The monoisotopic (exact) mass is 434 g/mol. The molecule has 0 bridgehead atoms. The molecule has 0 aliphatic carbocycles. The minimum Gasteiger partial charge on any atom is -0.313 e. The van der Waals surface area contributed by atoms with Gasteiger partial charge in [0.2, 0.25) is 10.0 Å². The smallest absolute Gasteiger partial charge is 0.243 e. The van der Waals surface area contributed by atoms with Gasteiger partial charge in [0.1, 0.15) is 11.3 Å². The summed E-state index contributed by atoms with van der Waals surface area (Å²) in [5.41, 5.74) is 1.72. The molecular formula is C18H19BrN4O2S. The summed E-state index contributed by atoms with van der Waals surface area (Å²) < 4.78 is 30.4. The Kier molecular flexibility index (Phi) is 4.58. The van der Waals surface area contributed by atoms with E-state index >= 15 is 0 Å². The Morgan fingerprint density at radius 1 is 1.23 bits per heavy atom. The number of aryl methyl sites for hydroxylation is 1. The van der Waals surface area contributed by atoms with Crippen LogP contribution in [0.4, 0.5) is 0 Å². The fraction of sp³-hybridized carbons (Fsp3) is 0.333. The lowest BCUT2D eigenvalue weighted by Crippen LogP contribution is -2.29. The molecule has 1 aliphatic heterocycles. The Hall–Kier alpha value is -1.77. The van der Waals surface area contributed by atoms with E-state index in [-0.39, 0.29) is 5.92 Å². The van der Waals surface area contributed by atoms with Crippen LogP contribution in [-0.4, -0.2) is 40.3 Å². The number of nitrogens with zero attached hydrogens (tertiary/aromatic N) is 4. The van der Waals surface area contributed by atoms with Crippen molar-refractivity contribution in [3.8, 4) is 0 Å². The quantitative estimate of drug-likeness (QED) is 0.630. The SMILES string of the molecule is CCn1c([C@H]2CCN(S(=O)(=O)c3ccc(Br)cc3)C2)nc2cccnc21. The first-order valence-corrected chi connectivity index (χ1v) is 10.8. The van der Waals surface area contributed by atoms with Gasteiger partial charge in [-0.3, -0.25) is 0 Å². The molecule has 0 N–H and O–H groups in total. The van der Waals surface area contributed by atoms with Crippen molar-refractivity contribution >= 4 is 37.1 Å². The molecule has 1 fully saturated rings. The molecule has 0 unspecified atom stereocenters. The van der Waals surface area contributed by atoms with Gasteiger partial charge in [0.15, 0.2) is 5.65 Å². The molecule has 0 saturated carbocycles. The summed E-state index contributed by atoms with van der Waals surface area (Å²) in [6.07, 6.45) is 2.53. The predicted molar refractivity (Wildman–Crippen MR) is 103 cm³/mol. The predicted octanol–water partition coefficient (Wildman–Crippen LogP) is 3.39. The van der Waals surface area contributed by atoms with Gasteiger partial charge in [-0.15, -0.1) is 0 Å². The molecule has 4 rings (SSSR count). The van der Waals surface area contributed by atoms with Gasteiger partial charge in [-0.05, 0) is 49.7 Å². The Labute approximate surface area is 161 Å². The molecule has 8 heteroatoms. The maximum absolute atomic E-state index is 12.9. The van der Waals surface area contributed by atoms with Crippen molar-refractivity contribution in [2.75, 3.05) is 13.1 Å². The van der Waals surface area contributed by atoms with E-state index in [0.717, 1.165) is 34.4 Å². The first kappa shape index (κ1) is 17.6. The second-order valence-electron chi connectivity index (χ2n) is 6.36. The zero-order valence-corrected chi connectivity index (χ0v) is 16.7. The van der Waals surface area contributed by atoms with E-state index < -0.39 is 10.0 Å². The summed E-state index contributed by atoms with van der Waals surface area (Å²) in [4.78, 5) is 9.50. The highest BCUT2D eigenvalue weighted by Crippen LogP contribution is 2.32. The minimum atomic E-state index is -3.49. The summed E-state index contributed by atoms with van der Waals surface area (Å²) in [5.74, 6) is 1.00. The zero-order chi connectivity index (χ0) is 18.3. The number of pyridine rings is 1. The lowest BCUT2D eigenvalue weighted by Gasteiger charge is -2.17. The van der Waals surface area contributed by atoms with E-state index in [2.05, 4.69) is 32.4 Å². The highest BCUT2D eigenvalue weighted by Gasteiger charge is 2.35. The maximum Gasteiger partial charge on any atom is 0.243 e. The van der Waals surface area contributed by atoms with E-state index in [0.29, 0.717) is 18.0 Å². The highest BCUT2D eigenvalue weighted by atomic mass is 79.9. The number of halogens is 1. The summed E-state index contributed by atoms with van der Waals surface area (Å²) >= 11 is 3.34. The first-order chi connectivity index (χ1) is 12.5. The molecule has 26 heavy (non-hydrogen) atoms. The molecular weight excluding hydrogens is 416 g/mol. The number of fused-ring (bicyclic) bond motifs is 1. The fourth-order valence-corrected chi connectivity index (χ4v) is 5.28. The summed E-state index contributed by atoms with van der Waals surface area (Å²) in [5, 5.41) is 0. The summed E-state index contributed by atoms with van der Waals surface area (Å²) in [6, 6.07) is 10.6. The Balaban J connectivity index is 1.64. The Bertz CT molecular complexity index is 1050. The molecule has 1 saturated heterocycles. The molecule has 2 aromatic heterocycles. The number of benzene rings is 1. The number of imidazole rings is 1. The van der Waals surface area contributed by atoms with Gasteiger partial charge in [0.25, 0.3) is 0 Å². The van der Waals surface area contributed by atoms with Crippen LogP contribution in [0.25, 0.3) is 11.2 Å². The van der Waals surface area contributed by atoms with Gasteiger partial charge in [-0.1, -0.05) is 15.9 Å². The lowest BCUT2D eigenvalue weighted by molar-refractivity contribution is 0.469. The lowest BCUT2D eigenvalue weighted by atomic mass is 10.1. The zero-order valence-electron chi connectivity index (χ0n) is 14.3. The topological polar surface area (TPSA) is 68.1 Å². The van der Waals surface area contributed by atoms with E-state index in [4.69, 9.17) is 4.98 Å². The molecule has 3 heterocycles. The second kappa shape index (κ2) is 6.75. The molecule has 1 atom stereocenters. The van der Waals surface area contributed by atoms with Crippen molar-refractivity contribution in [2.24, 2.45) is 0 Å². The van der Waals surface area contributed by atoms with Gasteiger partial charge in [-0.25, -0.2) is 18.4 Å². The molecule has 6 nitrogen and oxygen atoms in total. The molecule has 0 spiro atoms. The van der Waals surface area contributed by atoms with Crippen molar-refractivity contribution in [3.05, 3.63) is 52.9 Å². The average Bonchev–Trinajstić information content (AvgIpc) is 3.27. The van der Waals surface area contributed by atoms with Crippen LogP contribution < -0.4 is 0 Å². The number of sulfonamides is 1. The van der Waals surface area contributed by atoms with E-state index in [1.165, 1.54) is 0 Å². The van der Waals surface area contributed by atoms with Crippen LogP contribution in [0, 0.1) is 0 Å². The number of hydrogen-bond donors (Lipinski definition) is 0. The largest absolute Gasteiger partial charge is 0.313 e. The third kappa shape index (κ3) is 2.95. The first-order valence-electron chi connectivity index (χ1n) is 8.57. The summed E-state index contributed by atoms with van der Waals surface area (Å²) in [7, 11) is -3.49. The van der Waals surface area contributed by atoms with E-state index in [9.17, 15) is 8.42 Å². The van der Waals surface area contributed by atoms with Gasteiger partial charge in [-0.2, -0.15) is 4.31 Å². The van der Waals surface area contributed by atoms with Gasteiger partial charge in [0, 0.05) is 36.2 Å². The van der Waals surface area contributed by atoms with Crippen molar-refractivity contribution in [2.45, 2.75) is 30.7 Å². The van der Waals surface area contributed by atoms with E-state index in [1.807, 2.05) is 12.1 Å². The third-order valence-corrected chi connectivity index (χ3v) is 7.23. The molecule has 1 aromatic carbocycles. The number of aromatic nitrogens is 3. The van der Waals surface area contributed by atoms with E-state index in [1.54, 1.807) is 34.8 Å². The van der Waals surface area contributed by atoms with Gasteiger partial charge in [0.05, 0.1) is 4.90 Å². The molecule has 3 aromatic rings. The molecule has 0 amide bonds. The van der Waals surface area contributed by atoms with Crippen LogP contribution >= 0.6 is 15.9 Å². The van der Waals surface area contributed by atoms with Gasteiger partial charge < -0.3 is 4.57 Å². The average molecular weight is 435 g/mol. The van der Waals surface area contributed by atoms with Crippen LogP contribution in [0.2, 0.25) is 0 Å². The van der Waals surface area contributed by atoms with Crippen molar-refractivity contribution in [1.82, 2.24) is 18.8 Å². The van der Waals surface area contributed by atoms with Gasteiger partial charge >= 0.3 is 0 Å². The van der Waals surface area contributed by atoms with Crippen LogP contribution in [0.1, 0.15) is 25.1 Å². The minimum absolute atomic E-state index is 0.0781. The van der Waals surface area contributed by atoms with Crippen LogP contribution in [0.5, 0.6) is 0 Å². The van der Waals surface area contributed by atoms with Crippen LogP contribution in [-0.2, 0) is 16.6 Å². The highest BCUT2D eigenvalue weighted by molar-refractivity contribution is 9.10. The normalized spacial score (nSPS) is 18.6. The summed E-state index contributed by atoms with van der Waals surface area (Å²) in [6.45, 7) is 3.77. The fourth-order valence-electron chi connectivity index (χ4n) is 3.51. The number of rotatable bonds is 4. The van der Waals surface area contributed by atoms with Crippen LogP contribution in [0.15, 0.2) is 52.0 Å². The molecule has 0 radical (unpaired) electrons. The maximum atomic E-state index is 12.9. The molecule has 1 aliphatic rings. The Morgan fingerprint density at radius 2 is 2.00 bits per heavy atom.